The summed E-state index contributed by atoms with van der Waals surface area (Å²) in [5.41, 5.74) is 1.73. The van der Waals surface area contributed by atoms with Crippen LogP contribution < -0.4 is 9.47 Å². The van der Waals surface area contributed by atoms with Crippen LogP contribution in [0.2, 0.25) is 0 Å². The Kier molecular flexibility index (Phi) is 5.34. The van der Waals surface area contributed by atoms with E-state index >= 15 is 0 Å². The number of rotatable bonds is 4. The summed E-state index contributed by atoms with van der Waals surface area (Å²) >= 11 is 1.09. The summed E-state index contributed by atoms with van der Waals surface area (Å²) in [6, 6.07) is 6.65. The number of amides is 1. The maximum atomic E-state index is 12.6. The van der Waals surface area contributed by atoms with E-state index in [2.05, 4.69) is 30.7 Å². The maximum Gasteiger partial charge on any atom is 0.275 e. The van der Waals surface area contributed by atoms with Crippen LogP contribution in [0.25, 0.3) is 0 Å². The lowest BCUT2D eigenvalue weighted by Gasteiger charge is -2.43. The van der Waals surface area contributed by atoms with Gasteiger partial charge in [-0.05, 0) is 30.5 Å². The fraction of sp³-hybridized carbons (Fsp3) is 0.550. The number of hydrogen-bond acceptors (Lipinski definition) is 8. The molecule has 1 amide bonds. The number of piperidine rings is 1. The topological polar surface area (TPSA) is 71.0 Å². The molecular weight excluding hydrogens is 390 g/mol. The van der Waals surface area contributed by atoms with Crippen LogP contribution >= 0.6 is 11.7 Å². The van der Waals surface area contributed by atoms with Crippen LogP contribution in [0.1, 0.15) is 28.9 Å². The zero-order valence-corrected chi connectivity index (χ0v) is 17.1. The molecule has 1 atom stereocenters. The first kappa shape index (κ1) is 18.8. The van der Waals surface area contributed by atoms with E-state index in [1.807, 2.05) is 11.0 Å². The molecule has 2 fully saturated rings. The van der Waals surface area contributed by atoms with Gasteiger partial charge < -0.3 is 14.4 Å². The van der Waals surface area contributed by atoms with Gasteiger partial charge in [-0.1, -0.05) is 6.07 Å². The lowest BCUT2D eigenvalue weighted by Crippen LogP contribution is -2.55. The predicted octanol–water partition coefficient (Wildman–Crippen LogP) is 1.69. The van der Waals surface area contributed by atoms with Crippen LogP contribution in [0.15, 0.2) is 24.4 Å². The van der Waals surface area contributed by atoms with Crippen molar-refractivity contribution in [2.45, 2.75) is 25.4 Å². The summed E-state index contributed by atoms with van der Waals surface area (Å²) in [4.78, 5) is 19.6. The van der Waals surface area contributed by atoms with E-state index in [1.54, 1.807) is 6.20 Å². The Bertz CT molecular complexity index is 854. The zero-order chi connectivity index (χ0) is 19.6. The van der Waals surface area contributed by atoms with Gasteiger partial charge in [0.15, 0.2) is 17.2 Å². The molecule has 0 aliphatic carbocycles. The fourth-order valence-electron chi connectivity index (χ4n) is 4.44. The number of piperazine rings is 1. The van der Waals surface area contributed by atoms with E-state index in [9.17, 15) is 4.79 Å². The lowest BCUT2D eigenvalue weighted by atomic mass is 10.0. The molecule has 2 saturated heterocycles. The molecule has 0 unspecified atom stereocenters. The fourth-order valence-corrected chi connectivity index (χ4v) is 4.85. The Balaban J connectivity index is 1.14. The van der Waals surface area contributed by atoms with Gasteiger partial charge in [0.2, 0.25) is 6.79 Å². The number of carbonyl (C=O) groups is 1. The van der Waals surface area contributed by atoms with Gasteiger partial charge in [-0.15, -0.1) is 0 Å². The van der Waals surface area contributed by atoms with Crippen molar-refractivity contribution in [1.82, 2.24) is 23.4 Å². The third-order valence-corrected chi connectivity index (χ3v) is 6.51. The third kappa shape index (κ3) is 4.08. The molecule has 9 heteroatoms. The monoisotopic (exact) mass is 415 g/mol. The molecule has 0 radical (unpaired) electrons. The highest BCUT2D eigenvalue weighted by atomic mass is 32.1. The molecule has 154 valence electrons. The highest BCUT2D eigenvalue weighted by molar-refractivity contribution is 6.99. The second-order valence-corrected chi connectivity index (χ2v) is 8.40. The summed E-state index contributed by atoms with van der Waals surface area (Å²) in [6.45, 7) is 7.00. The van der Waals surface area contributed by atoms with Gasteiger partial charge in [0.05, 0.1) is 17.9 Å². The Hall–Kier alpha value is -2.23. The van der Waals surface area contributed by atoms with Crippen molar-refractivity contribution in [3.63, 3.8) is 0 Å². The van der Waals surface area contributed by atoms with Gasteiger partial charge in [0, 0.05) is 51.9 Å². The van der Waals surface area contributed by atoms with Gasteiger partial charge in [0.25, 0.3) is 5.91 Å². The minimum atomic E-state index is 0.0184. The molecule has 0 N–H and O–H groups in total. The summed E-state index contributed by atoms with van der Waals surface area (Å²) in [5, 5.41) is 0. The van der Waals surface area contributed by atoms with Gasteiger partial charge in [-0.25, -0.2) is 0 Å². The standard InChI is InChI=1S/C20H25N5O3S/c26-20(17-11-21-29-22-17)25-5-1-2-16(13-25)24-8-6-23(7-9-24)12-15-3-4-18-19(10-15)28-14-27-18/h3-4,10-11,16H,1-2,5-9,12-14H2/t16-/m1/s1. The Morgan fingerprint density at radius 2 is 2.00 bits per heavy atom. The largest absolute Gasteiger partial charge is 0.454 e. The normalized spacial score (nSPS) is 22.8. The van der Waals surface area contributed by atoms with Crippen molar-refractivity contribution in [1.29, 1.82) is 0 Å². The quantitative estimate of drug-likeness (QED) is 0.753. The Morgan fingerprint density at radius 3 is 2.83 bits per heavy atom. The first-order chi connectivity index (χ1) is 14.3. The number of ether oxygens (including phenoxy) is 2. The Labute approximate surface area is 174 Å². The predicted molar refractivity (Wildman–Crippen MR) is 108 cm³/mol. The molecule has 0 bridgehead atoms. The zero-order valence-electron chi connectivity index (χ0n) is 16.3. The van der Waals surface area contributed by atoms with E-state index < -0.39 is 0 Å². The maximum absolute atomic E-state index is 12.6. The summed E-state index contributed by atoms with van der Waals surface area (Å²) in [5.74, 6) is 1.71. The first-order valence-electron chi connectivity index (χ1n) is 10.2. The molecule has 0 saturated carbocycles. The SMILES string of the molecule is O=C(c1cnsn1)N1CCC[C@@H](N2CCN(Cc3ccc4c(c3)OCO4)CC2)C1. The minimum Gasteiger partial charge on any atom is -0.454 e. The molecule has 5 rings (SSSR count). The van der Waals surface area contributed by atoms with E-state index in [4.69, 9.17) is 9.47 Å². The van der Waals surface area contributed by atoms with Crippen LogP contribution in [0.5, 0.6) is 11.5 Å². The Morgan fingerprint density at radius 1 is 1.14 bits per heavy atom. The molecule has 4 heterocycles. The number of fused-ring (bicyclic) bond motifs is 1. The van der Waals surface area contributed by atoms with E-state index in [0.717, 1.165) is 81.9 Å². The minimum absolute atomic E-state index is 0.0184. The van der Waals surface area contributed by atoms with Gasteiger partial charge >= 0.3 is 0 Å². The average molecular weight is 416 g/mol. The third-order valence-electron chi connectivity index (χ3n) is 6.03. The van der Waals surface area contributed by atoms with Crippen LogP contribution in [0, 0.1) is 0 Å². The molecule has 1 aromatic heterocycles. The van der Waals surface area contributed by atoms with Crippen molar-refractivity contribution in [2.24, 2.45) is 0 Å². The number of aromatic nitrogens is 2. The number of likely N-dealkylation sites (tertiary alicyclic amines) is 1. The van der Waals surface area contributed by atoms with Crippen LogP contribution in [-0.4, -0.2) is 81.5 Å². The summed E-state index contributed by atoms with van der Waals surface area (Å²) in [7, 11) is 0. The van der Waals surface area contributed by atoms with Crippen molar-refractivity contribution in [3.8, 4) is 11.5 Å². The van der Waals surface area contributed by atoms with E-state index in [0.29, 0.717) is 18.5 Å². The highest BCUT2D eigenvalue weighted by Crippen LogP contribution is 2.33. The second-order valence-electron chi connectivity index (χ2n) is 7.84. The molecule has 2 aromatic rings. The smallest absolute Gasteiger partial charge is 0.275 e. The molecule has 3 aliphatic rings. The van der Waals surface area contributed by atoms with Crippen molar-refractivity contribution in [3.05, 3.63) is 35.7 Å². The average Bonchev–Trinajstić information content (AvgIpc) is 3.46. The van der Waals surface area contributed by atoms with Crippen molar-refractivity contribution in [2.75, 3.05) is 46.1 Å². The molecule has 8 nitrogen and oxygen atoms in total. The molecular formula is C20H25N5O3S. The van der Waals surface area contributed by atoms with Crippen LogP contribution in [0.4, 0.5) is 0 Å². The van der Waals surface area contributed by atoms with Crippen molar-refractivity contribution < 1.29 is 14.3 Å². The molecule has 29 heavy (non-hydrogen) atoms. The molecule has 3 aliphatic heterocycles. The van der Waals surface area contributed by atoms with E-state index in [-0.39, 0.29) is 5.91 Å². The number of benzene rings is 1. The van der Waals surface area contributed by atoms with Gasteiger partial charge in [0.1, 0.15) is 0 Å². The van der Waals surface area contributed by atoms with Crippen LogP contribution in [0.3, 0.4) is 0 Å². The molecule has 0 spiro atoms. The van der Waals surface area contributed by atoms with E-state index in [1.165, 1.54) is 5.56 Å². The van der Waals surface area contributed by atoms with Gasteiger partial charge in [-0.2, -0.15) is 8.75 Å². The first-order valence-corrected chi connectivity index (χ1v) is 10.9. The van der Waals surface area contributed by atoms with Crippen LogP contribution in [-0.2, 0) is 6.54 Å². The van der Waals surface area contributed by atoms with Gasteiger partial charge in [-0.3, -0.25) is 14.6 Å². The van der Waals surface area contributed by atoms with Crippen molar-refractivity contribution >= 4 is 17.6 Å². The number of nitrogens with zero attached hydrogens (tertiary/aromatic N) is 5. The number of carbonyl (C=O) groups excluding carboxylic acids is 1. The summed E-state index contributed by atoms with van der Waals surface area (Å²) in [6.07, 6.45) is 3.78. The lowest BCUT2D eigenvalue weighted by molar-refractivity contribution is 0.0404. The highest BCUT2D eigenvalue weighted by Gasteiger charge is 2.31. The second kappa shape index (κ2) is 8.25. The molecule has 1 aromatic carbocycles. The summed E-state index contributed by atoms with van der Waals surface area (Å²) < 4.78 is 19.0. The number of hydrogen-bond donors (Lipinski definition) is 0.